The van der Waals surface area contributed by atoms with Crippen molar-refractivity contribution in [3.8, 4) is 0 Å². The molecule has 0 aromatic heterocycles. The van der Waals surface area contributed by atoms with Crippen LogP contribution in [-0.4, -0.2) is 24.6 Å². The molecule has 0 radical (unpaired) electrons. The number of rotatable bonds is 3. The van der Waals surface area contributed by atoms with Crippen molar-refractivity contribution in [1.82, 2.24) is 5.32 Å². The van der Waals surface area contributed by atoms with Gasteiger partial charge in [-0.3, -0.25) is 4.99 Å². The van der Waals surface area contributed by atoms with E-state index in [1.807, 2.05) is 0 Å². The number of nitrogens with one attached hydrogen (secondary N) is 1. The molecule has 3 atom stereocenters. The highest BCUT2D eigenvalue weighted by atomic mass is 35.5. The minimum absolute atomic E-state index is 0. The van der Waals surface area contributed by atoms with Crippen molar-refractivity contribution in [3.05, 3.63) is 0 Å². The molecule has 2 saturated heterocycles. The Morgan fingerprint density at radius 3 is 2.21 bits per heavy atom. The highest BCUT2D eigenvalue weighted by Gasteiger charge is 2.42. The highest BCUT2D eigenvalue weighted by molar-refractivity contribution is 5.85. The minimum atomic E-state index is 0. The molecule has 3 unspecified atom stereocenters. The van der Waals surface area contributed by atoms with Crippen LogP contribution in [0.1, 0.15) is 38.5 Å². The van der Waals surface area contributed by atoms with E-state index in [-0.39, 0.29) is 30.8 Å². The molecule has 6 heteroatoms. The summed E-state index contributed by atoms with van der Waals surface area (Å²) in [6.45, 7) is 0.776. The molecule has 2 saturated carbocycles. The van der Waals surface area contributed by atoms with Crippen LogP contribution >= 0.6 is 24.8 Å². The van der Waals surface area contributed by atoms with E-state index in [9.17, 15) is 0 Å². The average molecular weight is 309 g/mol. The number of aliphatic imine (C=N–C) groups is 1. The van der Waals surface area contributed by atoms with E-state index in [2.05, 4.69) is 10.3 Å². The largest absolute Gasteiger partial charge is 0.370 e. The molecule has 19 heavy (non-hydrogen) atoms. The second-order valence-electron chi connectivity index (χ2n) is 6.24. The van der Waals surface area contributed by atoms with Gasteiger partial charge in [0.1, 0.15) is 0 Å². The second kappa shape index (κ2) is 7.00. The summed E-state index contributed by atoms with van der Waals surface area (Å²) in [5.74, 6) is 3.10. The lowest BCUT2D eigenvalue weighted by Gasteiger charge is -2.38. The van der Waals surface area contributed by atoms with Gasteiger partial charge in [-0.2, -0.15) is 0 Å². The Labute approximate surface area is 128 Å². The molecular formula is C13H26Cl2N4. The first-order chi connectivity index (χ1) is 8.20. The van der Waals surface area contributed by atoms with Gasteiger partial charge in [0.25, 0.3) is 0 Å². The highest BCUT2D eigenvalue weighted by Crippen LogP contribution is 2.46. The first-order valence-electron chi connectivity index (χ1n) is 7.02. The van der Waals surface area contributed by atoms with E-state index in [0.29, 0.717) is 6.04 Å². The van der Waals surface area contributed by atoms with Crippen molar-refractivity contribution in [3.63, 3.8) is 0 Å². The summed E-state index contributed by atoms with van der Waals surface area (Å²) in [4.78, 5) is 4.13. The molecule has 5 N–H and O–H groups in total. The summed E-state index contributed by atoms with van der Waals surface area (Å²) >= 11 is 0. The van der Waals surface area contributed by atoms with Crippen LogP contribution in [0.2, 0.25) is 0 Å². The van der Waals surface area contributed by atoms with Gasteiger partial charge >= 0.3 is 0 Å². The quantitative estimate of drug-likeness (QED) is 0.548. The Morgan fingerprint density at radius 1 is 1.00 bits per heavy atom. The lowest BCUT2D eigenvalue weighted by molar-refractivity contribution is 0.148. The zero-order chi connectivity index (χ0) is 11.8. The zero-order valence-electron chi connectivity index (χ0n) is 11.3. The van der Waals surface area contributed by atoms with Crippen molar-refractivity contribution in [2.75, 3.05) is 6.54 Å². The van der Waals surface area contributed by atoms with E-state index in [1.54, 1.807) is 0 Å². The number of hydrogen-bond acceptors (Lipinski definition) is 2. The van der Waals surface area contributed by atoms with E-state index >= 15 is 0 Å². The maximum atomic E-state index is 5.38. The summed E-state index contributed by atoms with van der Waals surface area (Å²) in [6.07, 6.45) is 8.28. The summed E-state index contributed by atoms with van der Waals surface area (Å²) in [7, 11) is 0. The number of hydrogen-bond donors (Lipinski definition) is 3. The predicted molar refractivity (Wildman–Crippen MR) is 84.1 cm³/mol. The summed E-state index contributed by atoms with van der Waals surface area (Å²) < 4.78 is 0. The van der Waals surface area contributed by atoms with Crippen LogP contribution in [0, 0.1) is 17.8 Å². The van der Waals surface area contributed by atoms with E-state index < -0.39 is 0 Å². The van der Waals surface area contributed by atoms with Crippen LogP contribution in [0.3, 0.4) is 0 Å². The summed E-state index contributed by atoms with van der Waals surface area (Å²) in [6, 6.07) is 1.42. The average Bonchev–Trinajstić information content (AvgIpc) is 2.43. The van der Waals surface area contributed by atoms with Crippen LogP contribution in [0.15, 0.2) is 4.99 Å². The number of nitrogens with two attached hydrogens (primary N) is 2. The van der Waals surface area contributed by atoms with Crippen molar-refractivity contribution < 1.29 is 0 Å². The summed E-state index contributed by atoms with van der Waals surface area (Å²) in [5.41, 5.74) is 10.8. The van der Waals surface area contributed by atoms with Crippen molar-refractivity contribution >= 4 is 30.8 Å². The number of guanidine groups is 1. The molecule has 0 aromatic carbocycles. The molecule has 2 aliphatic carbocycles. The van der Waals surface area contributed by atoms with E-state index in [0.717, 1.165) is 36.8 Å². The minimum Gasteiger partial charge on any atom is -0.370 e. The smallest absolute Gasteiger partial charge is 0.185 e. The third kappa shape index (κ3) is 3.89. The van der Waals surface area contributed by atoms with Gasteiger partial charge in [-0.1, -0.05) is 0 Å². The van der Waals surface area contributed by atoms with Crippen molar-refractivity contribution in [1.29, 1.82) is 0 Å². The lowest BCUT2D eigenvalue weighted by atomic mass is 9.67. The van der Waals surface area contributed by atoms with Crippen LogP contribution in [0.5, 0.6) is 0 Å². The van der Waals surface area contributed by atoms with Gasteiger partial charge in [0.15, 0.2) is 5.96 Å². The maximum Gasteiger partial charge on any atom is 0.185 e. The Hall–Kier alpha value is -0.190. The fourth-order valence-corrected chi connectivity index (χ4v) is 4.46. The molecular weight excluding hydrogens is 283 g/mol. The second-order valence-corrected chi connectivity index (χ2v) is 6.24. The van der Waals surface area contributed by atoms with Crippen LogP contribution in [0.4, 0.5) is 0 Å². The fraction of sp³-hybridized carbons (Fsp3) is 0.923. The first-order valence-corrected chi connectivity index (χ1v) is 7.02. The molecule has 4 bridgehead atoms. The molecule has 2 heterocycles. The molecule has 112 valence electrons. The number of fused-ring (bicyclic) bond motifs is 1. The van der Waals surface area contributed by atoms with Gasteiger partial charge in [0.2, 0.25) is 0 Å². The SMILES string of the molecule is Cl.Cl.NC(N)=NCCC1NC2CC3CC(C2)CC1C3. The number of nitrogens with zero attached hydrogens (tertiary/aromatic N) is 1. The fourth-order valence-electron chi connectivity index (χ4n) is 4.46. The van der Waals surface area contributed by atoms with E-state index in [1.165, 1.54) is 32.1 Å². The molecule has 4 nitrogen and oxygen atoms in total. The third-order valence-corrected chi connectivity index (χ3v) is 4.93. The topological polar surface area (TPSA) is 76.4 Å². The zero-order valence-corrected chi connectivity index (χ0v) is 12.9. The number of halogens is 2. The standard InChI is InChI=1S/C13H24N4.2ClH/c14-13(15)16-2-1-12-10-4-8-3-9(5-10)7-11(6-8)17-12;;/h8-12,17H,1-7H2,(H4,14,15,16);2*1H. The molecule has 0 aromatic rings. The lowest BCUT2D eigenvalue weighted by Crippen LogP contribution is -2.39. The van der Waals surface area contributed by atoms with E-state index in [4.69, 9.17) is 11.5 Å². The molecule has 4 rings (SSSR count). The molecule has 0 amide bonds. The van der Waals surface area contributed by atoms with Gasteiger partial charge in [-0.25, -0.2) is 0 Å². The van der Waals surface area contributed by atoms with Gasteiger partial charge < -0.3 is 16.8 Å². The normalized spacial score (nSPS) is 38.8. The molecule has 4 aliphatic rings. The molecule has 0 spiro atoms. The van der Waals surface area contributed by atoms with Gasteiger partial charge in [0.05, 0.1) is 0 Å². The first kappa shape index (κ1) is 16.9. The Morgan fingerprint density at radius 2 is 1.63 bits per heavy atom. The Balaban J connectivity index is 0.000000902. The van der Waals surface area contributed by atoms with Crippen LogP contribution in [0.25, 0.3) is 0 Å². The van der Waals surface area contributed by atoms with Crippen LogP contribution < -0.4 is 16.8 Å². The maximum absolute atomic E-state index is 5.38. The molecule has 2 aliphatic heterocycles. The monoisotopic (exact) mass is 308 g/mol. The third-order valence-electron chi connectivity index (χ3n) is 4.93. The van der Waals surface area contributed by atoms with Crippen molar-refractivity contribution in [2.45, 2.75) is 50.6 Å². The van der Waals surface area contributed by atoms with Crippen molar-refractivity contribution in [2.24, 2.45) is 34.2 Å². The van der Waals surface area contributed by atoms with Gasteiger partial charge in [-0.15, -0.1) is 24.8 Å². The Bertz CT molecular complexity index is 306. The predicted octanol–water partition coefficient (Wildman–Crippen LogP) is 1.66. The Kier molecular flexibility index (Phi) is 6.21. The molecule has 4 fully saturated rings. The summed E-state index contributed by atoms with van der Waals surface area (Å²) in [5, 5.41) is 3.86. The van der Waals surface area contributed by atoms with Crippen LogP contribution in [-0.2, 0) is 0 Å². The van der Waals surface area contributed by atoms with Gasteiger partial charge in [0, 0.05) is 18.6 Å². The van der Waals surface area contributed by atoms with Gasteiger partial charge in [-0.05, 0) is 56.3 Å².